The van der Waals surface area contributed by atoms with Crippen LogP contribution in [0.2, 0.25) is 5.54 Å². The van der Waals surface area contributed by atoms with Gasteiger partial charge in [0.25, 0.3) is 0 Å². The van der Waals surface area contributed by atoms with Crippen molar-refractivity contribution in [2.75, 3.05) is 12.5 Å². The number of aliphatic hydroxyl groups excluding tert-OH is 1. The van der Waals surface area contributed by atoms with Crippen molar-refractivity contribution in [2.45, 2.75) is 35.0 Å². The molecule has 0 aliphatic heterocycles. The molecule has 1 saturated carbocycles. The van der Waals surface area contributed by atoms with Crippen molar-refractivity contribution in [1.29, 1.82) is 0 Å². The van der Waals surface area contributed by atoms with Crippen LogP contribution >= 0.6 is 23.5 Å². The zero-order chi connectivity index (χ0) is 21.0. The van der Waals surface area contributed by atoms with Crippen molar-refractivity contribution in [1.82, 2.24) is 0 Å². The van der Waals surface area contributed by atoms with E-state index in [-0.39, 0.29) is 10.2 Å². The van der Waals surface area contributed by atoms with Crippen LogP contribution in [0.15, 0.2) is 91.0 Å². The van der Waals surface area contributed by atoms with Gasteiger partial charge in [-0.1, -0.05) is 91.0 Å². The van der Waals surface area contributed by atoms with Crippen LogP contribution in [-0.4, -0.2) is 35.9 Å². The first-order chi connectivity index (χ1) is 14.6. The molecule has 0 bridgehead atoms. The fourth-order valence-corrected chi connectivity index (χ4v) is 13.6. The molecule has 0 heterocycles. The molecule has 156 valence electrons. The van der Waals surface area contributed by atoms with E-state index in [2.05, 4.69) is 104 Å². The van der Waals surface area contributed by atoms with Gasteiger partial charge in [0.05, 0.1) is 10.2 Å². The summed E-state index contributed by atoms with van der Waals surface area (Å²) in [5.74, 6) is 0. The van der Waals surface area contributed by atoms with Crippen LogP contribution in [0.4, 0.5) is 0 Å². The zero-order valence-corrected chi connectivity index (χ0v) is 20.3. The zero-order valence-electron chi connectivity index (χ0n) is 17.7. The Morgan fingerprint density at radius 1 is 0.700 bits per heavy atom. The average Bonchev–Trinajstić information content (AvgIpc) is 2.81. The molecule has 2 unspecified atom stereocenters. The molecule has 3 aromatic carbocycles. The maximum absolute atomic E-state index is 11.1. The topological polar surface area (TPSA) is 20.2 Å². The maximum atomic E-state index is 11.1. The standard InChI is InChI=1S/C26H30OS2Si/c1-28-26(29-2)19-21(27)18-25(20-26)30(22-12-6-3-7-13-22,23-14-8-4-9-15-23)24-16-10-5-11-17-24/h3-17,21,25,27H,18-20H2,1-2H3. The summed E-state index contributed by atoms with van der Waals surface area (Å²) in [6.07, 6.45) is 7.02. The molecular formula is C26H30OS2Si. The SMILES string of the molecule is CSC1(SC)CC(O)CC([Si](c2ccccc2)(c2ccccc2)c2ccccc2)C1. The highest BCUT2D eigenvalue weighted by molar-refractivity contribution is 8.17. The van der Waals surface area contributed by atoms with E-state index in [1.54, 1.807) is 0 Å². The van der Waals surface area contributed by atoms with Crippen LogP contribution in [0.1, 0.15) is 19.3 Å². The van der Waals surface area contributed by atoms with E-state index < -0.39 is 8.07 Å². The van der Waals surface area contributed by atoms with Crippen LogP contribution in [0, 0.1) is 0 Å². The van der Waals surface area contributed by atoms with Gasteiger partial charge in [-0.15, -0.1) is 23.5 Å². The minimum absolute atomic E-state index is 0.0684. The lowest BCUT2D eigenvalue weighted by molar-refractivity contribution is 0.128. The average molecular weight is 451 g/mol. The molecule has 0 aromatic heterocycles. The van der Waals surface area contributed by atoms with Crippen LogP contribution in [-0.2, 0) is 0 Å². The molecule has 0 spiro atoms. The highest BCUT2D eigenvalue weighted by Gasteiger charge is 2.52. The predicted molar refractivity (Wildman–Crippen MR) is 137 cm³/mol. The van der Waals surface area contributed by atoms with E-state index in [4.69, 9.17) is 0 Å². The summed E-state index contributed by atoms with van der Waals surface area (Å²) in [7, 11) is -2.37. The molecular weight excluding hydrogens is 421 g/mol. The van der Waals surface area contributed by atoms with Crippen LogP contribution < -0.4 is 15.6 Å². The van der Waals surface area contributed by atoms with Crippen molar-refractivity contribution >= 4 is 47.2 Å². The van der Waals surface area contributed by atoms with Gasteiger partial charge in [0.2, 0.25) is 0 Å². The second-order valence-corrected chi connectivity index (χ2v) is 15.0. The lowest BCUT2D eigenvalue weighted by Gasteiger charge is -2.49. The minimum atomic E-state index is -2.37. The Balaban J connectivity index is 2.00. The largest absolute Gasteiger partial charge is 0.393 e. The summed E-state index contributed by atoms with van der Waals surface area (Å²) in [6.45, 7) is 0. The van der Waals surface area contributed by atoms with Crippen LogP contribution in [0.25, 0.3) is 0 Å². The summed E-state index contributed by atoms with van der Waals surface area (Å²) >= 11 is 3.86. The predicted octanol–water partition coefficient (Wildman–Crippen LogP) is 4.49. The third-order valence-electron chi connectivity index (χ3n) is 6.70. The van der Waals surface area contributed by atoms with E-state index in [1.807, 2.05) is 23.5 Å². The Labute approximate surface area is 190 Å². The number of thioether (sulfide) groups is 2. The lowest BCUT2D eigenvalue weighted by atomic mass is 9.96. The molecule has 1 aliphatic carbocycles. The molecule has 4 heteroatoms. The Morgan fingerprint density at radius 3 is 1.47 bits per heavy atom. The van der Waals surface area contributed by atoms with Crippen LogP contribution in [0.3, 0.4) is 0 Å². The smallest absolute Gasteiger partial charge is 0.151 e. The fraction of sp³-hybridized carbons (Fsp3) is 0.308. The molecule has 1 fully saturated rings. The van der Waals surface area contributed by atoms with Crippen molar-refractivity contribution in [3.05, 3.63) is 91.0 Å². The fourth-order valence-electron chi connectivity index (χ4n) is 5.37. The quantitative estimate of drug-likeness (QED) is 0.339. The summed E-state index contributed by atoms with van der Waals surface area (Å²) in [6, 6.07) is 33.4. The Hall–Kier alpha value is -1.46. The molecule has 3 aromatic rings. The Kier molecular flexibility index (Phi) is 6.78. The van der Waals surface area contributed by atoms with Gasteiger partial charge in [-0.05, 0) is 52.9 Å². The van der Waals surface area contributed by atoms with Gasteiger partial charge in [-0.25, -0.2) is 0 Å². The van der Waals surface area contributed by atoms with Crippen molar-refractivity contribution in [2.24, 2.45) is 0 Å². The number of aliphatic hydroxyl groups is 1. The molecule has 1 nitrogen and oxygen atoms in total. The first kappa shape index (κ1) is 21.8. The van der Waals surface area contributed by atoms with E-state index >= 15 is 0 Å². The first-order valence-corrected chi connectivity index (χ1v) is 15.1. The van der Waals surface area contributed by atoms with E-state index in [1.165, 1.54) is 15.6 Å². The van der Waals surface area contributed by atoms with E-state index in [9.17, 15) is 5.11 Å². The van der Waals surface area contributed by atoms with Crippen LogP contribution in [0.5, 0.6) is 0 Å². The Morgan fingerprint density at radius 2 is 1.10 bits per heavy atom. The number of hydrogen-bond acceptors (Lipinski definition) is 3. The third-order valence-corrected chi connectivity index (χ3v) is 15.3. The molecule has 0 amide bonds. The van der Waals surface area contributed by atoms with Gasteiger partial charge in [-0.3, -0.25) is 0 Å². The third kappa shape index (κ3) is 3.91. The van der Waals surface area contributed by atoms with E-state index in [0.717, 1.165) is 19.3 Å². The molecule has 2 atom stereocenters. The van der Waals surface area contributed by atoms with Crippen molar-refractivity contribution in [3.63, 3.8) is 0 Å². The normalized spacial score (nSPS) is 21.3. The lowest BCUT2D eigenvalue weighted by Crippen LogP contribution is -2.71. The summed E-state index contributed by atoms with van der Waals surface area (Å²) in [5, 5.41) is 15.4. The summed E-state index contributed by atoms with van der Waals surface area (Å²) in [5.41, 5.74) is 0.424. The molecule has 1 N–H and O–H groups in total. The number of rotatable bonds is 6. The molecule has 1 aliphatic rings. The van der Waals surface area contributed by atoms with Crippen molar-refractivity contribution < 1.29 is 5.11 Å². The van der Waals surface area contributed by atoms with Gasteiger partial charge in [0.15, 0.2) is 8.07 Å². The highest BCUT2D eigenvalue weighted by Crippen LogP contribution is 2.52. The highest BCUT2D eigenvalue weighted by atomic mass is 32.2. The van der Waals surface area contributed by atoms with Gasteiger partial charge < -0.3 is 5.11 Å². The van der Waals surface area contributed by atoms with Crippen molar-refractivity contribution in [3.8, 4) is 0 Å². The molecule has 30 heavy (non-hydrogen) atoms. The molecule has 0 saturated heterocycles. The van der Waals surface area contributed by atoms with Gasteiger partial charge in [-0.2, -0.15) is 0 Å². The molecule has 0 radical (unpaired) electrons. The summed E-state index contributed by atoms with van der Waals surface area (Å²) < 4.78 is 0.0684. The number of benzene rings is 3. The Bertz CT molecular complexity index is 832. The summed E-state index contributed by atoms with van der Waals surface area (Å²) in [4.78, 5) is 0. The second kappa shape index (κ2) is 9.35. The minimum Gasteiger partial charge on any atom is -0.393 e. The number of hydrogen-bond donors (Lipinski definition) is 1. The monoisotopic (exact) mass is 450 g/mol. The second-order valence-electron chi connectivity index (χ2n) is 8.22. The maximum Gasteiger partial charge on any atom is 0.151 e. The van der Waals surface area contributed by atoms with Gasteiger partial charge >= 0.3 is 0 Å². The van der Waals surface area contributed by atoms with Gasteiger partial charge in [0, 0.05) is 0 Å². The van der Waals surface area contributed by atoms with Gasteiger partial charge in [0.1, 0.15) is 0 Å². The molecule has 4 rings (SSSR count). The van der Waals surface area contributed by atoms with E-state index in [0.29, 0.717) is 5.54 Å². The first-order valence-electron chi connectivity index (χ1n) is 10.6.